The smallest absolute Gasteiger partial charge is 0.459 e. The van der Waals surface area contributed by atoms with E-state index in [0.29, 0.717) is 0 Å². The molecule has 2 heterocycles. The molecule has 6 N–H and O–H groups in total. The Bertz CT molecular complexity index is 1190. The van der Waals surface area contributed by atoms with Crippen molar-refractivity contribution in [2.24, 2.45) is 5.73 Å². The van der Waals surface area contributed by atoms with Gasteiger partial charge in [0, 0.05) is 6.20 Å². The summed E-state index contributed by atoms with van der Waals surface area (Å²) < 4.78 is 50.5. The van der Waals surface area contributed by atoms with E-state index in [9.17, 15) is 23.7 Å². The number of aromatic nitrogens is 2. The molecule has 1 aromatic carbocycles. The molecule has 0 amide bonds. The quantitative estimate of drug-likeness (QED) is 0.232. The Labute approximate surface area is 212 Å². The van der Waals surface area contributed by atoms with Gasteiger partial charge in [0.1, 0.15) is 42.0 Å². The van der Waals surface area contributed by atoms with E-state index in [1.807, 2.05) is 0 Å². The second-order valence-corrected chi connectivity index (χ2v) is 10.5. The number of aliphatic hydroxyl groups is 1. The van der Waals surface area contributed by atoms with Crippen molar-refractivity contribution < 1.29 is 37.4 Å². The number of esters is 1. The van der Waals surface area contributed by atoms with Crippen LogP contribution in [0.25, 0.3) is 0 Å². The minimum absolute atomic E-state index is 0.0715. The summed E-state index contributed by atoms with van der Waals surface area (Å²) in [6.45, 7) is 2.82. The molecule has 2 aromatic rings. The van der Waals surface area contributed by atoms with Gasteiger partial charge in [-0.3, -0.25) is 13.9 Å². The van der Waals surface area contributed by atoms with Crippen LogP contribution < -0.4 is 26.8 Å². The number of nitrogens with one attached hydrogen (secondary N) is 1. The zero-order valence-electron chi connectivity index (χ0n) is 20.5. The fraction of sp³-hybridized carbons (Fsp3) is 0.500. The number of hydrogen-bond donors (Lipinski definition) is 4. The van der Waals surface area contributed by atoms with Gasteiger partial charge in [-0.25, -0.2) is 13.8 Å². The van der Waals surface area contributed by atoms with Gasteiger partial charge in [-0.2, -0.15) is 10.1 Å². The molecular weight excluding hydrogens is 512 g/mol. The van der Waals surface area contributed by atoms with Gasteiger partial charge in [0.2, 0.25) is 0 Å². The molecule has 0 saturated carbocycles. The molecule has 0 radical (unpaired) electrons. The molecule has 13 nitrogen and oxygen atoms in total. The third kappa shape index (κ3) is 6.72. The number of rotatable bonds is 11. The van der Waals surface area contributed by atoms with Crippen molar-refractivity contribution in [3.8, 4) is 5.75 Å². The summed E-state index contributed by atoms with van der Waals surface area (Å²) >= 11 is 0. The van der Waals surface area contributed by atoms with Crippen molar-refractivity contribution in [3.05, 3.63) is 53.1 Å². The minimum atomic E-state index is -4.31. The Morgan fingerprint density at radius 3 is 2.59 bits per heavy atom. The molecule has 0 aliphatic carbocycles. The summed E-state index contributed by atoms with van der Waals surface area (Å²) in [6.07, 6.45) is -3.74. The average Bonchev–Trinajstić information content (AvgIpc) is 3.08. The number of nitrogens with two attached hydrogens (primary N) is 2. The molecule has 204 valence electrons. The molecular formula is C22H31FN5O8P. The number of ether oxygens (including phenoxy) is 2. The second-order valence-electron chi connectivity index (χ2n) is 8.79. The van der Waals surface area contributed by atoms with E-state index in [1.54, 1.807) is 32.0 Å². The average molecular weight is 543 g/mol. The molecule has 1 aliphatic rings. The lowest BCUT2D eigenvalue weighted by atomic mass is 9.92. The summed E-state index contributed by atoms with van der Waals surface area (Å²) in [5.74, 6) is -0.621. The molecule has 6 atom stereocenters. The molecule has 0 spiro atoms. The second kappa shape index (κ2) is 11.7. The monoisotopic (exact) mass is 543 g/mol. The summed E-state index contributed by atoms with van der Waals surface area (Å²) in [6, 6.07) is 8.17. The van der Waals surface area contributed by atoms with E-state index in [-0.39, 0.29) is 11.6 Å². The first kappa shape index (κ1) is 28.7. The molecule has 1 aliphatic heterocycles. The van der Waals surface area contributed by atoms with Crippen molar-refractivity contribution in [3.63, 3.8) is 0 Å². The van der Waals surface area contributed by atoms with Gasteiger partial charge in [0.15, 0.2) is 6.23 Å². The summed E-state index contributed by atoms with van der Waals surface area (Å²) in [7, 11) is -4.31. The lowest BCUT2D eigenvalue weighted by Crippen LogP contribution is -2.57. The number of nitrogen functional groups attached to an aromatic ring is 1. The van der Waals surface area contributed by atoms with Crippen LogP contribution in [0.5, 0.6) is 5.75 Å². The number of anilines is 1. The van der Waals surface area contributed by atoms with E-state index >= 15 is 0 Å². The van der Waals surface area contributed by atoms with Gasteiger partial charge in [0.25, 0.3) is 0 Å². The molecule has 1 aromatic heterocycles. The molecule has 0 bridgehead atoms. The highest BCUT2D eigenvalue weighted by Crippen LogP contribution is 2.46. The molecule has 15 heteroatoms. The van der Waals surface area contributed by atoms with Crippen LogP contribution in [0, 0.1) is 0 Å². The first-order chi connectivity index (χ1) is 17.4. The van der Waals surface area contributed by atoms with Crippen LogP contribution in [0.1, 0.15) is 27.0 Å². The molecule has 37 heavy (non-hydrogen) atoms. The van der Waals surface area contributed by atoms with Gasteiger partial charge in [-0.15, -0.1) is 0 Å². The number of aliphatic hydroxyl groups excluding tert-OH is 1. The van der Waals surface area contributed by atoms with E-state index in [4.69, 9.17) is 30.0 Å². The van der Waals surface area contributed by atoms with Crippen LogP contribution in [0.4, 0.5) is 10.2 Å². The highest BCUT2D eigenvalue weighted by Gasteiger charge is 2.56. The molecule has 1 unspecified atom stereocenters. The fourth-order valence-corrected chi connectivity index (χ4v) is 5.07. The zero-order chi connectivity index (χ0) is 27.4. The van der Waals surface area contributed by atoms with Gasteiger partial charge in [-0.05, 0) is 39.0 Å². The van der Waals surface area contributed by atoms with Gasteiger partial charge in [-0.1, -0.05) is 18.2 Å². The lowest BCUT2D eigenvalue weighted by molar-refractivity contribution is -0.149. The summed E-state index contributed by atoms with van der Waals surface area (Å²) in [4.78, 5) is 28.2. The topological polar surface area (TPSA) is 190 Å². The van der Waals surface area contributed by atoms with Crippen LogP contribution in [-0.2, 0) is 23.4 Å². The maximum atomic E-state index is 14.1. The minimum Gasteiger partial charge on any atom is -0.462 e. The molecule has 3 rings (SSSR count). The number of halogens is 1. The number of alkyl halides is 1. The predicted octanol–water partition coefficient (Wildman–Crippen LogP) is 0.884. The highest BCUT2D eigenvalue weighted by atomic mass is 31.2. The Kier molecular flexibility index (Phi) is 9.05. The zero-order valence-corrected chi connectivity index (χ0v) is 21.4. The Balaban J connectivity index is 1.82. The number of para-hydroxylation sites is 1. The SMILES string of the molecule is CC(C)OC(=O)[C@H](C)N[P@](=O)(OC[C@H]1O[C@@H](n2ccc(N)nc2=O)[C@@](N)(CF)C1O)Oc1ccccc1. The van der Waals surface area contributed by atoms with Crippen LogP contribution in [-0.4, -0.2) is 63.8 Å². The summed E-state index contributed by atoms with van der Waals surface area (Å²) in [5, 5.41) is 13.3. The van der Waals surface area contributed by atoms with E-state index in [0.717, 1.165) is 4.57 Å². The van der Waals surface area contributed by atoms with Gasteiger partial charge >= 0.3 is 19.4 Å². The maximum absolute atomic E-state index is 14.1. The number of carbonyl (C=O) groups excluding carboxylic acids is 1. The highest BCUT2D eigenvalue weighted by molar-refractivity contribution is 7.52. The van der Waals surface area contributed by atoms with Crippen molar-refractivity contribution in [1.29, 1.82) is 0 Å². The van der Waals surface area contributed by atoms with E-state index in [2.05, 4.69) is 10.1 Å². The first-order valence-electron chi connectivity index (χ1n) is 11.4. The van der Waals surface area contributed by atoms with Crippen LogP contribution in [0.3, 0.4) is 0 Å². The van der Waals surface area contributed by atoms with E-state index < -0.39 is 68.8 Å². The molecule has 1 fully saturated rings. The third-order valence-corrected chi connectivity index (χ3v) is 7.08. The third-order valence-electron chi connectivity index (χ3n) is 5.44. The first-order valence-corrected chi connectivity index (χ1v) is 12.9. The van der Waals surface area contributed by atoms with Crippen LogP contribution in [0.2, 0.25) is 0 Å². The largest absolute Gasteiger partial charge is 0.462 e. The Hall–Kier alpha value is -2.87. The van der Waals surface area contributed by atoms with Crippen molar-refractivity contribution in [1.82, 2.24) is 14.6 Å². The van der Waals surface area contributed by atoms with Gasteiger partial charge < -0.3 is 30.6 Å². The van der Waals surface area contributed by atoms with Crippen molar-refractivity contribution in [2.45, 2.75) is 56.9 Å². The van der Waals surface area contributed by atoms with Crippen LogP contribution in [0.15, 0.2) is 47.4 Å². The Morgan fingerprint density at radius 1 is 1.32 bits per heavy atom. The number of benzene rings is 1. The Morgan fingerprint density at radius 2 is 2.00 bits per heavy atom. The number of hydrogen-bond acceptors (Lipinski definition) is 11. The standard InChI is InChI=1S/C22H31FN5O8P/c1-13(2)34-19(30)14(3)27-37(32,36-15-7-5-4-6-8-15)33-11-16-18(29)22(25,12-23)20(35-16)28-10-9-17(24)26-21(28)31/h4-10,13-14,16,18,20,29H,11-12,25H2,1-3H3,(H,27,32)(H2,24,26,31)/t14-,16+,18?,20+,22+,37-/m0/s1. The van der Waals surface area contributed by atoms with E-state index in [1.165, 1.54) is 31.3 Å². The normalized spacial score (nSPS) is 26.0. The summed E-state index contributed by atoms with van der Waals surface area (Å²) in [5.41, 5.74) is 8.66. The van der Waals surface area contributed by atoms with Crippen molar-refractivity contribution >= 4 is 19.5 Å². The lowest BCUT2D eigenvalue weighted by Gasteiger charge is -2.30. The fourth-order valence-electron chi connectivity index (χ4n) is 3.57. The van der Waals surface area contributed by atoms with Crippen molar-refractivity contribution in [2.75, 3.05) is 19.0 Å². The predicted molar refractivity (Wildman–Crippen MR) is 130 cm³/mol. The van der Waals surface area contributed by atoms with Gasteiger partial charge in [0.05, 0.1) is 12.7 Å². The van der Waals surface area contributed by atoms with Crippen LogP contribution >= 0.6 is 7.75 Å². The number of nitrogens with zero attached hydrogens (tertiary/aromatic N) is 2. The maximum Gasteiger partial charge on any atom is 0.459 e. The molecule has 1 saturated heterocycles. The number of carbonyl (C=O) groups is 1.